The van der Waals surface area contributed by atoms with Gasteiger partial charge in [0.1, 0.15) is 10.6 Å². The Morgan fingerprint density at radius 3 is 2.56 bits per heavy atom. The van der Waals surface area contributed by atoms with Gasteiger partial charge in [-0.15, -0.1) is 0 Å². The van der Waals surface area contributed by atoms with E-state index in [9.17, 15) is 4.79 Å². The molecule has 4 aromatic rings. The molecule has 0 saturated carbocycles. The van der Waals surface area contributed by atoms with Crippen molar-refractivity contribution in [2.75, 3.05) is 12.4 Å². The van der Waals surface area contributed by atoms with Gasteiger partial charge < -0.3 is 10.1 Å². The van der Waals surface area contributed by atoms with Crippen LogP contribution in [-0.4, -0.2) is 27.8 Å². The van der Waals surface area contributed by atoms with Gasteiger partial charge in [0.05, 0.1) is 18.5 Å². The maximum absolute atomic E-state index is 12.8. The zero-order chi connectivity index (χ0) is 22.8. The number of aryl methyl sites for hydroxylation is 2. The van der Waals surface area contributed by atoms with Crippen LogP contribution in [0.25, 0.3) is 5.13 Å². The summed E-state index contributed by atoms with van der Waals surface area (Å²) in [6, 6.07) is 15.1. The van der Waals surface area contributed by atoms with Gasteiger partial charge >= 0.3 is 0 Å². The van der Waals surface area contributed by atoms with E-state index in [2.05, 4.69) is 22.4 Å². The van der Waals surface area contributed by atoms with Gasteiger partial charge in [0.25, 0.3) is 5.91 Å². The average Bonchev–Trinajstić information content (AvgIpc) is 3.29. The Kier molecular flexibility index (Phi) is 6.30. The summed E-state index contributed by atoms with van der Waals surface area (Å²) in [5.41, 5.74) is 5.57. The number of carbonyl (C=O) groups excluding carboxylic acids is 1. The second-order valence-corrected chi connectivity index (χ2v) is 8.88. The molecule has 4 rings (SSSR count). The molecule has 0 aliphatic rings. The number of thiazole rings is 1. The number of carbonyl (C=O) groups is 1. The molecule has 0 saturated heterocycles. The fourth-order valence-electron chi connectivity index (χ4n) is 3.50. The second kappa shape index (κ2) is 9.14. The van der Waals surface area contributed by atoms with Crippen molar-refractivity contribution < 1.29 is 9.53 Å². The van der Waals surface area contributed by atoms with E-state index in [1.54, 1.807) is 31.4 Å². The van der Waals surface area contributed by atoms with Crippen molar-refractivity contribution in [3.8, 4) is 10.9 Å². The summed E-state index contributed by atoms with van der Waals surface area (Å²) in [7, 11) is 1.66. The van der Waals surface area contributed by atoms with Gasteiger partial charge in [-0.25, -0.2) is 9.67 Å². The fraction of sp³-hybridized carbons (Fsp3) is 0.208. The third-order valence-corrected chi connectivity index (χ3v) is 6.60. The minimum atomic E-state index is -0.214. The zero-order valence-corrected chi connectivity index (χ0v) is 19.8. The van der Waals surface area contributed by atoms with Gasteiger partial charge in [-0.3, -0.25) is 4.79 Å². The third kappa shape index (κ3) is 4.54. The summed E-state index contributed by atoms with van der Waals surface area (Å²) in [5.74, 6) is 0.619. The van der Waals surface area contributed by atoms with Crippen molar-refractivity contribution in [1.29, 1.82) is 0 Å². The summed E-state index contributed by atoms with van der Waals surface area (Å²) in [5, 5.41) is 8.83. The number of hydrogen-bond donors (Lipinski definition) is 1. The van der Waals surface area contributed by atoms with Crippen LogP contribution in [0.1, 0.15) is 37.9 Å². The number of aromatic nitrogens is 3. The molecule has 0 fully saturated rings. The predicted octanol–water partition coefficient (Wildman–Crippen LogP) is 5.76. The van der Waals surface area contributed by atoms with Crippen LogP contribution in [0.2, 0.25) is 5.02 Å². The van der Waals surface area contributed by atoms with E-state index in [1.165, 1.54) is 16.9 Å². The number of hydrogen-bond acceptors (Lipinski definition) is 5. The number of nitrogens with zero attached hydrogens (tertiary/aromatic N) is 3. The van der Waals surface area contributed by atoms with Crippen molar-refractivity contribution >= 4 is 34.5 Å². The smallest absolute Gasteiger partial charge is 0.267 e. The highest BCUT2D eigenvalue weighted by atomic mass is 35.5. The maximum Gasteiger partial charge on any atom is 0.267 e. The predicted molar refractivity (Wildman–Crippen MR) is 129 cm³/mol. The summed E-state index contributed by atoms with van der Waals surface area (Å²) >= 11 is 7.34. The average molecular weight is 467 g/mol. The molecule has 2 aromatic heterocycles. The number of nitrogens with one attached hydrogen (secondary N) is 1. The lowest BCUT2D eigenvalue weighted by atomic mass is 10.0. The molecular weight excluding hydrogens is 444 g/mol. The minimum absolute atomic E-state index is 0.214. The summed E-state index contributed by atoms with van der Waals surface area (Å²) in [6.07, 6.45) is 0.758. The molecular formula is C24H23ClN4O2S. The van der Waals surface area contributed by atoms with Crippen LogP contribution < -0.4 is 10.1 Å². The monoisotopic (exact) mass is 466 g/mol. The van der Waals surface area contributed by atoms with Gasteiger partial charge in [-0.2, -0.15) is 5.10 Å². The first-order valence-electron chi connectivity index (χ1n) is 10.1. The fourth-order valence-corrected chi connectivity index (χ4v) is 4.66. The lowest BCUT2D eigenvalue weighted by molar-refractivity contribution is 0.103. The highest BCUT2D eigenvalue weighted by molar-refractivity contribution is 7.16. The Hall–Kier alpha value is -3.16. The van der Waals surface area contributed by atoms with Crippen LogP contribution in [0.15, 0.2) is 48.5 Å². The molecule has 0 bridgehead atoms. The van der Waals surface area contributed by atoms with Crippen molar-refractivity contribution in [2.24, 2.45) is 0 Å². The van der Waals surface area contributed by atoms with Crippen LogP contribution in [0, 0.1) is 20.8 Å². The van der Waals surface area contributed by atoms with E-state index < -0.39 is 0 Å². The Balaban J connectivity index is 1.59. The Bertz CT molecular complexity index is 1280. The van der Waals surface area contributed by atoms with E-state index in [4.69, 9.17) is 21.4 Å². The molecule has 0 spiro atoms. The lowest BCUT2D eigenvalue weighted by Gasteiger charge is -2.05. The molecule has 0 atom stereocenters. The Labute approximate surface area is 195 Å². The van der Waals surface area contributed by atoms with E-state index in [-0.39, 0.29) is 5.91 Å². The molecule has 1 amide bonds. The molecule has 32 heavy (non-hydrogen) atoms. The molecule has 2 aromatic carbocycles. The Morgan fingerprint density at radius 1 is 1.12 bits per heavy atom. The number of anilines is 1. The quantitative estimate of drug-likeness (QED) is 0.392. The number of amides is 1. The maximum atomic E-state index is 12.8. The Morgan fingerprint density at radius 2 is 1.88 bits per heavy atom. The normalized spacial score (nSPS) is 10.9. The van der Waals surface area contributed by atoms with Crippen molar-refractivity contribution in [1.82, 2.24) is 14.8 Å². The number of methoxy groups -OCH3 is 1. The SMILES string of the molecule is COc1ccc(Cc2c(C)nn(-c3nc(C)c(C(=O)Nc4cccc(Cl)c4)s3)c2C)cc1. The van der Waals surface area contributed by atoms with Crippen molar-refractivity contribution in [3.63, 3.8) is 0 Å². The standard InChI is InChI=1S/C24H23ClN4O2S/c1-14-21(12-17-8-10-20(31-4)11-9-17)16(3)29(28-14)24-26-15(2)22(32-24)23(30)27-19-7-5-6-18(25)13-19/h5-11,13H,12H2,1-4H3,(H,27,30). The van der Waals surface area contributed by atoms with Gasteiger partial charge in [0.15, 0.2) is 0 Å². The largest absolute Gasteiger partial charge is 0.497 e. The van der Waals surface area contributed by atoms with Gasteiger partial charge in [0.2, 0.25) is 5.13 Å². The molecule has 2 heterocycles. The summed E-state index contributed by atoms with van der Waals surface area (Å²) in [4.78, 5) is 18.0. The topological polar surface area (TPSA) is 69.0 Å². The summed E-state index contributed by atoms with van der Waals surface area (Å²) < 4.78 is 7.06. The molecule has 6 nitrogen and oxygen atoms in total. The number of ether oxygens (including phenoxy) is 1. The zero-order valence-electron chi connectivity index (χ0n) is 18.3. The van der Waals surface area contributed by atoms with Crippen molar-refractivity contribution in [2.45, 2.75) is 27.2 Å². The first kappa shape index (κ1) is 22.0. The van der Waals surface area contributed by atoms with E-state index in [1.807, 2.05) is 37.6 Å². The second-order valence-electron chi connectivity index (χ2n) is 7.46. The van der Waals surface area contributed by atoms with Crippen LogP contribution in [-0.2, 0) is 6.42 Å². The molecule has 164 valence electrons. The molecule has 1 N–H and O–H groups in total. The first-order valence-corrected chi connectivity index (χ1v) is 11.3. The molecule has 0 aliphatic heterocycles. The molecule has 0 unspecified atom stereocenters. The van der Waals surface area contributed by atoms with Crippen molar-refractivity contribution in [3.05, 3.63) is 86.6 Å². The van der Waals surface area contributed by atoms with Gasteiger partial charge in [0, 0.05) is 28.4 Å². The molecule has 0 aliphatic carbocycles. The van der Waals surface area contributed by atoms with Crippen LogP contribution >= 0.6 is 22.9 Å². The van der Waals surface area contributed by atoms with E-state index >= 15 is 0 Å². The minimum Gasteiger partial charge on any atom is -0.497 e. The highest BCUT2D eigenvalue weighted by Gasteiger charge is 2.20. The highest BCUT2D eigenvalue weighted by Crippen LogP contribution is 2.27. The number of rotatable bonds is 6. The lowest BCUT2D eigenvalue weighted by Crippen LogP contribution is -2.11. The van der Waals surface area contributed by atoms with Gasteiger partial charge in [-0.1, -0.05) is 41.1 Å². The van der Waals surface area contributed by atoms with Crippen LogP contribution in [0.3, 0.4) is 0 Å². The van der Waals surface area contributed by atoms with E-state index in [0.717, 1.165) is 29.1 Å². The first-order chi connectivity index (χ1) is 15.4. The third-order valence-electron chi connectivity index (χ3n) is 5.24. The molecule has 8 heteroatoms. The number of benzene rings is 2. The number of halogens is 1. The summed E-state index contributed by atoms with van der Waals surface area (Å²) in [6.45, 7) is 5.85. The van der Waals surface area contributed by atoms with Gasteiger partial charge in [-0.05, 0) is 56.7 Å². The van der Waals surface area contributed by atoms with Crippen LogP contribution in [0.4, 0.5) is 5.69 Å². The van der Waals surface area contributed by atoms with Crippen LogP contribution in [0.5, 0.6) is 5.75 Å². The molecule has 0 radical (unpaired) electrons. The van der Waals surface area contributed by atoms with E-state index in [0.29, 0.717) is 26.4 Å².